The lowest BCUT2D eigenvalue weighted by Crippen LogP contribution is -2.36. The third kappa shape index (κ3) is 4.35. The number of nitrogens with zero attached hydrogens (tertiary/aromatic N) is 2. The maximum atomic E-state index is 12.7. The monoisotopic (exact) mass is 332 g/mol. The molecule has 0 spiro atoms. The van der Waals surface area contributed by atoms with Crippen LogP contribution in [0.4, 0.5) is 0 Å². The molecule has 0 aliphatic heterocycles. The van der Waals surface area contributed by atoms with Crippen LogP contribution in [-0.4, -0.2) is 55.3 Å². The molecule has 6 nitrogen and oxygen atoms in total. The molecule has 0 fully saturated rings. The molecule has 0 unspecified atom stereocenters. The van der Waals surface area contributed by atoms with E-state index in [-0.39, 0.29) is 18.3 Å². The van der Waals surface area contributed by atoms with E-state index < -0.39 is 0 Å². The molecule has 0 N–H and O–H groups in total. The van der Waals surface area contributed by atoms with Crippen LogP contribution in [0.25, 0.3) is 10.9 Å². The van der Waals surface area contributed by atoms with Gasteiger partial charge in [0.25, 0.3) is 0 Å². The number of carbonyl (C=O) groups excluding carboxylic acids is 2. The predicted octanol–water partition coefficient (Wildman–Crippen LogP) is 1.76. The number of hydrogen-bond donors (Lipinski definition) is 0. The second kappa shape index (κ2) is 8.49. The number of aromatic nitrogens is 1. The van der Waals surface area contributed by atoms with E-state index in [2.05, 4.69) is 4.74 Å². The van der Waals surface area contributed by atoms with Crippen molar-refractivity contribution in [3.05, 3.63) is 36.0 Å². The van der Waals surface area contributed by atoms with E-state index in [9.17, 15) is 9.59 Å². The predicted molar refractivity (Wildman–Crippen MR) is 91.7 cm³/mol. The minimum absolute atomic E-state index is 0.0210. The summed E-state index contributed by atoms with van der Waals surface area (Å²) < 4.78 is 11.7. The zero-order valence-electron chi connectivity index (χ0n) is 14.4. The smallest absolute Gasteiger partial charge is 0.307 e. The molecule has 1 heterocycles. The van der Waals surface area contributed by atoms with Crippen LogP contribution in [0.3, 0.4) is 0 Å². The Morgan fingerprint density at radius 2 is 1.92 bits per heavy atom. The van der Waals surface area contributed by atoms with Gasteiger partial charge in [-0.25, -0.2) is 0 Å². The molecule has 24 heavy (non-hydrogen) atoms. The van der Waals surface area contributed by atoms with E-state index in [1.807, 2.05) is 42.1 Å². The van der Waals surface area contributed by atoms with Crippen molar-refractivity contribution in [2.45, 2.75) is 12.8 Å². The van der Waals surface area contributed by atoms with Crippen LogP contribution in [-0.2, 0) is 32.5 Å². The maximum Gasteiger partial charge on any atom is 0.307 e. The van der Waals surface area contributed by atoms with Gasteiger partial charge in [-0.1, -0.05) is 18.2 Å². The summed E-state index contributed by atoms with van der Waals surface area (Å²) in [6.07, 6.45) is 2.46. The SMILES string of the molecule is COCCN(CCC(=O)OC)C(=O)Cc1cn(C)c2ccccc12. The Balaban J connectivity index is 2.11. The van der Waals surface area contributed by atoms with E-state index in [1.165, 1.54) is 7.11 Å². The fraction of sp³-hybridized carbons (Fsp3) is 0.444. The highest BCUT2D eigenvalue weighted by Crippen LogP contribution is 2.21. The number of methoxy groups -OCH3 is 2. The molecule has 0 aliphatic carbocycles. The summed E-state index contributed by atoms with van der Waals surface area (Å²) in [7, 11) is 4.91. The fourth-order valence-electron chi connectivity index (χ4n) is 2.73. The molecule has 0 bridgehead atoms. The topological polar surface area (TPSA) is 60.8 Å². The van der Waals surface area contributed by atoms with Gasteiger partial charge in [0.1, 0.15) is 0 Å². The molecule has 6 heteroatoms. The van der Waals surface area contributed by atoms with E-state index in [0.717, 1.165) is 16.5 Å². The normalized spacial score (nSPS) is 10.8. The molecule has 0 radical (unpaired) electrons. The Hall–Kier alpha value is -2.34. The molecule has 0 saturated heterocycles. The Morgan fingerprint density at radius 1 is 1.17 bits per heavy atom. The minimum atomic E-state index is -0.324. The van der Waals surface area contributed by atoms with E-state index >= 15 is 0 Å². The van der Waals surface area contributed by atoms with Crippen molar-refractivity contribution in [1.82, 2.24) is 9.47 Å². The van der Waals surface area contributed by atoms with Crippen LogP contribution >= 0.6 is 0 Å². The number of fused-ring (bicyclic) bond motifs is 1. The number of rotatable bonds is 8. The van der Waals surface area contributed by atoms with Gasteiger partial charge in [-0.15, -0.1) is 0 Å². The summed E-state index contributed by atoms with van der Waals surface area (Å²) in [5, 5.41) is 1.08. The van der Waals surface area contributed by atoms with Crippen LogP contribution in [0.1, 0.15) is 12.0 Å². The quantitative estimate of drug-likeness (QED) is 0.691. The molecule has 0 atom stereocenters. The Morgan fingerprint density at radius 3 is 2.62 bits per heavy atom. The van der Waals surface area contributed by atoms with Gasteiger partial charge in [-0.2, -0.15) is 0 Å². The molecular formula is C18H24N2O4. The fourth-order valence-corrected chi connectivity index (χ4v) is 2.73. The van der Waals surface area contributed by atoms with Gasteiger partial charge in [0, 0.05) is 44.3 Å². The Bertz CT molecular complexity index is 708. The number of para-hydroxylation sites is 1. The average Bonchev–Trinajstić information content (AvgIpc) is 2.91. The van der Waals surface area contributed by atoms with Crippen molar-refractivity contribution in [2.24, 2.45) is 7.05 Å². The van der Waals surface area contributed by atoms with Crippen molar-refractivity contribution in [3.63, 3.8) is 0 Å². The first-order chi connectivity index (χ1) is 11.6. The highest BCUT2D eigenvalue weighted by atomic mass is 16.5. The van der Waals surface area contributed by atoms with Gasteiger partial charge in [-0.3, -0.25) is 9.59 Å². The number of ether oxygens (including phenoxy) is 2. The Kier molecular flexibility index (Phi) is 6.37. The molecule has 2 aromatic rings. The van der Waals surface area contributed by atoms with Crippen LogP contribution < -0.4 is 0 Å². The first-order valence-electron chi connectivity index (χ1n) is 7.93. The molecule has 1 aromatic heterocycles. The molecule has 0 aliphatic rings. The summed E-state index contributed by atoms with van der Waals surface area (Å²) >= 11 is 0. The summed E-state index contributed by atoms with van der Waals surface area (Å²) in [5.74, 6) is -0.345. The summed E-state index contributed by atoms with van der Waals surface area (Å²) in [5.41, 5.74) is 2.08. The average molecular weight is 332 g/mol. The number of esters is 1. The third-order valence-corrected chi connectivity index (χ3v) is 4.05. The van der Waals surface area contributed by atoms with Gasteiger partial charge in [0.05, 0.1) is 26.6 Å². The molecule has 0 saturated carbocycles. The van der Waals surface area contributed by atoms with Gasteiger partial charge in [-0.05, 0) is 11.6 Å². The molecule has 1 aromatic carbocycles. The lowest BCUT2D eigenvalue weighted by Gasteiger charge is -2.22. The summed E-state index contributed by atoms with van der Waals surface area (Å²) in [4.78, 5) is 25.7. The van der Waals surface area contributed by atoms with Gasteiger partial charge in [0.15, 0.2) is 0 Å². The molecule has 1 amide bonds. The van der Waals surface area contributed by atoms with Crippen molar-refractivity contribution in [3.8, 4) is 0 Å². The first-order valence-corrected chi connectivity index (χ1v) is 7.93. The van der Waals surface area contributed by atoms with Crippen molar-refractivity contribution >= 4 is 22.8 Å². The van der Waals surface area contributed by atoms with E-state index in [0.29, 0.717) is 26.1 Å². The highest BCUT2D eigenvalue weighted by Gasteiger charge is 2.17. The van der Waals surface area contributed by atoms with Crippen molar-refractivity contribution in [1.29, 1.82) is 0 Å². The number of hydrogen-bond acceptors (Lipinski definition) is 4. The van der Waals surface area contributed by atoms with Gasteiger partial charge < -0.3 is 18.9 Å². The van der Waals surface area contributed by atoms with Crippen molar-refractivity contribution in [2.75, 3.05) is 33.9 Å². The maximum absolute atomic E-state index is 12.7. The Labute approximate surface area is 141 Å². The standard InChI is InChI=1S/C18H24N2O4/c1-19-13-14(15-6-4-5-7-16(15)19)12-17(21)20(10-11-23-2)9-8-18(22)24-3/h4-7,13H,8-12H2,1-3H3. The number of benzene rings is 1. The number of amides is 1. The first kappa shape index (κ1) is 18.0. The van der Waals surface area contributed by atoms with Crippen LogP contribution in [0.15, 0.2) is 30.5 Å². The number of aryl methyl sites for hydroxylation is 1. The van der Waals surface area contributed by atoms with Crippen molar-refractivity contribution < 1.29 is 19.1 Å². The van der Waals surface area contributed by atoms with Gasteiger partial charge >= 0.3 is 5.97 Å². The van der Waals surface area contributed by atoms with Gasteiger partial charge in [0.2, 0.25) is 5.91 Å². The summed E-state index contributed by atoms with van der Waals surface area (Å²) in [6, 6.07) is 8.00. The summed E-state index contributed by atoms with van der Waals surface area (Å²) in [6.45, 7) is 1.22. The second-order valence-electron chi connectivity index (χ2n) is 5.66. The largest absolute Gasteiger partial charge is 0.469 e. The molecular weight excluding hydrogens is 308 g/mol. The molecule has 2 rings (SSSR count). The number of carbonyl (C=O) groups is 2. The van der Waals surface area contributed by atoms with E-state index in [1.54, 1.807) is 12.0 Å². The third-order valence-electron chi connectivity index (χ3n) is 4.05. The second-order valence-corrected chi connectivity index (χ2v) is 5.66. The van der Waals surface area contributed by atoms with Crippen LogP contribution in [0.5, 0.6) is 0 Å². The van der Waals surface area contributed by atoms with Crippen LogP contribution in [0.2, 0.25) is 0 Å². The lowest BCUT2D eigenvalue weighted by atomic mass is 10.1. The minimum Gasteiger partial charge on any atom is -0.469 e. The lowest BCUT2D eigenvalue weighted by molar-refractivity contribution is -0.141. The zero-order chi connectivity index (χ0) is 17.5. The van der Waals surface area contributed by atoms with E-state index in [4.69, 9.17) is 4.74 Å². The highest BCUT2D eigenvalue weighted by molar-refractivity contribution is 5.89. The van der Waals surface area contributed by atoms with Crippen LogP contribution in [0, 0.1) is 0 Å². The molecule has 130 valence electrons. The zero-order valence-corrected chi connectivity index (χ0v) is 14.4.